The van der Waals surface area contributed by atoms with Gasteiger partial charge in [0.1, 0.15) is 12.9 Å². The van der Waals surface area contributed by atoms with Gasteiger partial charge in [-0.3, -0.25) is 0 Å². The lowest BCUT2D eigenvalue weighted by Crippen LogP contribution is -2.39. The predicted molar refractivity (Wildman–Crippen MR) is 91.0 cm³/mol. The number of aryl methyl sites for hydroxylation is 1. The van der Waals surface area contributed by atoms with Crippen LogP contribution in [0.15, 0.2) is 28.8 Å². The molecule has 0 aliphatic rings. The molecule has 0 fully saturated rings. The third-order valence-corrected chi connectivity index (χ3v) is 4.17. The van der Waals surface area contributed by atoms with Gasteiger partial charge in [0.05, 0.1) is 0 Å². The summed E-state index contributed by atoms with van der Waals surface area (Å²) < 4.78 is 1.88. The molecule has 0 aromatic carbocycles. The van der Waals surface area contributed by atoms with Crippen LogP contribution >= 0.6 is 11.3 Å². The van der Waals surface area contributed by atoms with Crippen molar-refractivity contribution in [1.82, 2.24) is 25.4 Å². The lowest BCUT2D eigenvalue weighted by molar-refractivity contribution is 0.561. The summed E-state index contributed by atoms with van der Waals surface area (Å²) in [5, 5.41) is 16.7. The van der Waals surface area contributed by atoms with Crippen molar-refractivity contribution >= 4 is 17.3 Å². The molecule has 2 N–H and O–H groups in total. The van der Waals surface area contributed by atoms with Gasteiger partial charge in [0.2, 0.25) is 0 Å². The monoisotopic (exact) mass is 320 g/mol. The fourth-order valence-corrected chi connectivity index (χ4v) is 2.93. The minimum absolute atomic E-state index is 0.519. The van der Waals surface area contributed by atoms with Crippen LogP contribution in [-0.2, 0) is 20.0 Å². The smallest absolute Gasteiger partial charge is 0.191 e. The first-order chi connectivity index (χ1) is 10.7. The molecule has 0 spiro atoms. The molecule has 0 aliphatic heterocycles. The highest BCUT2D eigenvalue weighted by Crippen LogP contribution is 2.13. The minimum Gasteiger partial charge on any atom is -0.357 e. The van der Waals surface area contributed by atoms with Crippen molar-refractivity contribution < 1.29 is 0 Å². The highest BCUT2D eigenvalue weighted by Gasteiger charge is 2.06. The Morgan fingerprint density at radius 2 is 2.32 bits per heavy atom. The first kappa shape index (κ1) is 16.5. The van der Waals surface area contributed by atoms with E-state index < -0.39 is 0 Å². The lowest BCUT2D eigenvalue weighted by atomic mass is 10.1. The normalized spacial score (nSPS) is 13.1. The van der Waals surface area contributed by atoms with Gasteiger partial charge in [0, 0.05) is 25.0 Å². The van der Waals surface area contributed by atoms with Crippen LogP contribution < -0.4 is 10.6 Å². The van der Waals surface area contributed by atoms with Crippen LogP contribution in [0, 0.1) is 5.92 Å². The fraction of sp³-hybridized carbons (Fsp3) is 0.533. The maximum absolute atomic E-state index is 4.56. The zero-order valence-electron chi connectivity index (χ0n) is 13.4. The van der Waals surface area contributed by atoms with E-state index in [1.807, 2.05) is 23.0 Å². The van der Waals surface area contributed by atoms with Crippen LogP contribution in [0.1, 0.15) is 24.5 Å². The molecule has 120 valence electrons. The number of aromatic nitrogens is 3. The van der Waals surface area contributed by atoms with Gasteiger partial charge in [-0.2, -0.15) is 0 Å². The van der Waals surface area contributed by atoms with Crippen LogP contribution in [-0.4, -0.2) is 33.8 Å². The van der Waals surface area contributed by atoms with Crippen molar-refractivity contribution in [1.29, 1.82) is 0 Å². The highest BCUT2D eigenvalue weighted by atomic mass is 32.1. The van der Waals surface area contributed by atoms with Gasteiger partial charge < -0.3 is 15.2 Å². The first-order valence-corrected chi connectivity index (χ1v) is 8.44. The van der Waals surface area contributed by atoms with Gasteiger partial charge in [0.15, 0.2) is 11.8 Å². The molecule has 6 nitrogen and oxygen atoms in total. The third kappa shape index (κ3) is 5.14. The number of guanidine groups is 1. The van der Waals surface area contributed by atoms with Crippen LogP contribution in [0.4, 0.5) is 0 Å². The first-order valence-electron chi connectivity index (χ1n) is 7.56. The molecule has 2 rings (SSSR count). The van der Waals surface area contributed by atoms with Crippen molar-refractivity contribution in [2.24, 2.45) is 18.0 Å². The Morgan fingerprint density at radius 1 is 1.45 bits per heavy atom. The molecule has 1 unspecified atom stereocenters. The Bertz CT molecular complexity index is 575. The summed E-state index contributed by atoms with van der Waals surface area (Å²) in [6.07, 6.45) is 2.78. The van der Waals surface area contributed by atoms with E-state index in [4.69, 9.17) is 0 Å². The summed E-state index contributed by atoms with van der Waals surface area (Å²) in [6.45, 7) is 6.56. The highest BCUT2D eigenvalue weighted by molar-refractivity contribution is 7.09. The van der Waals surface area contributed by atoms with E-state index in [0.717, 1.165) is 31.3 Å². The zero-order valence-corrected chi connectivity index (χ0v) is 14.2. The second kappa shape index (κ2) is 8.53. The van der Waals surface area contributed by atoms with E-state index in [9.17, 15) is 0 Å². The molecule has 1 atom stereocenters. The molecule has 0 saturated heterocycles. The molecule has 0 bridgehead atoms. The maximum Gasteiger partial charge on any atom is 0.191 e. The molecule has 2 aromatic rings. The summed E-state index contributed by atoms with van der Waals surface area (Å²) in [6, 6.07) is 4.29. The average Bonchev–Trinajstić information content (AvgIpc) is 3.14. The summed E-state index contributed by atoms with van der Waals surface area (Å²) >= 11 is 1.81. The van der Waals surface area contributed by atoms with Gasteiger partial charge in [0.25, 0.3) is 0 Å². The SMILES string of the molecule is CCNC(=NCc1nncn1C)NCC(C)Cc1cccs1. The van der Waals surface area contributed by atoms with Crippen LogP contribution in [0.2, 0.25) is 0 Å². The second-order valence-corrected chi connectivity index (χ2v) is 6.36. The fourth-order valence-electron chi connectivity index (χ4n) is 2.06. The molecule has 7 heteroatoms. The molecule has 2 aromatic heterocycles. The predicted octanol–water partition coefficient (Wildman–Crippen LogP) is 1.81. The number of hydrogen-bond acceptors (Lipinski definition) is 4. The van der Waals surface area contributed by atoms with Gasteiger partial charge in [-0.15, -0.1) is 21.5 Å². The van der Waals surface area contributed by atoms with E-state index in [1.54, 1.807) is 6.33 Å². The molecular formula is C15H24N6S. The van der Waals surface area contributed by atoms with E-state index in [2.05, 4.69) is 57.2 Å². The Balaban J connectivity index is 1.84. The third-order valence-electron chi connectivity index (χ3n) is 3.28. The largest absolute Gasteiger partial charge is 0.357 e. The van der Waals surface area contributed by atoms with Crippen LogP contribution in [0.5, 0.6) is 0 Å². The maximum atomic E-state index is 4.56. The van der Waals surface area contributed by atoms with Crippen molar-refractivity contribution in [3.63, 3.8) is 0 Å². The van der Waals surface area contributed by atoms with Crippen molar-refractivity contribution in [2.45, 2.75) is 26.8 Å². The minimum atomic E-state index is 0.519. The van der Waals surface area contributed by atoms with E-state index in [1.165, 1.54) is 4.88 Å². The molecule has 0 radical (unpaired) electrons. The van der Waals surface area contributed by atoms with Crippen molar-refractivity contribution in [3.8, 4) is 0 Å². The van der Waals surface area contributed by atoms with Crippen LogP contribution in [0.3, 0.4) is 0 Å². The summed E-state index contributed by atoms with van der Waals surface area (Å²) in [5.41, 5.74) is 0. The quantitative estimate of drug-likeness (QED) is 0.603. The molecule has 0 amide bonds. The average molecular weight is 320 g/mol. The molecular weight excluding hydrogens is 296 g/mol. The Hall–Kier alpha value is -1.89. The number of aliphatic imine (C=N–C) groups is 1. The Kier molecular flexibility index (Phi) is 6.39. The van der Waals surface area contributed by atoms with Gasteiger partial charge >= 0.3 is 0 Å². The molecule has 0 aliphatic carbocycles. The van der Waals surface area contributed by atoms with Crippen molar-refractivity contribution in [3.05, 3.63) is 34.5 Å². The number of nitrogens with one attached hydrogen (secondary N) is 2. The zero-order chi connectivity index (χ0) is 15.8. The number of hydrogen-bond donors (Lipinski definition) is 2. The van der Waals surface area contributed by atoms with E-state index in [0.29, 0.717) is 12.5 Å². The number of thiophene rings is 1. The molecule has 0 saturated carbocycles. The van der Waals surface area contributed by atoms with Crippen molar-refractivity contribution in [2.75, 3.05) is 13.1 Å². The molecule has 22 heavy (non-hydrogen) atoms. The topological polar surface area (TPSA) is 67.1 Å². The van der Waals surface area contributed by atoms with Gasteiger partial charge in [-0.1, -0.05) is 13.0 Å². The summed E-state index contributed by atoms with van der Waals surface area (Å²) in [5.74, 6) is 2.23. The molecule has 2 heterocycles. The standard InChI is InChI=1S/C15H24N6S/c1-4-16-15(18-10-14-20-19-11-21(14)3)17-9-12(2)8-13-6-5-7-22-13/h5-7,11-12H,4,8-10H2,1-3H3,(H2,16,17,18). The second-order valence-electron chi connectivity index (χ2n) is 5.32. The summed E-state index contributed by atoms with van der Waals surface area (Å²) in [7, 11) is 1.92. The summed E-state index contributed by atoms with van der Waals surface area (Å²) in [4.78, 5) is 5.99. The number of rotatable bonds is 7. The Morgan fingerprint density at radius 3 is 2.95 bits per heavy atom. The van der Waals surface area contributed by atoms with Crippen LogP contribution in [0.25, 0.3) is 0 Å². The van der Waals surface area contributed by atoms with Gasteiger partial charge in [-0.05, 0) is 30.7 Å². The van der Waals surface area contributed by atoms with E-state index in [-0.39, 0.29) is 0 Å². The lowest BCUT2D eigenvalue weighted by Gasteiger charge is -2.15. The van der Waals surface area contributed by atoms with Gasteiger partial charge in [-0.25, -0.2) is 4.99 Å². The number of nitrogens with zero attached hydrogens (tertiary/aromatic N) is 4. The van der Waals surface area contributed by atoms with E-state index >= 15 is 0 Å². The Labute approximate surface area is 135 Å².